The molecule has 1 aromatic carbocycles. The molecule has 0 atom stereocenters. The van der Waals surface area contributed by atoms with E-state index in [2.05, 4.69) is 5.32 Å². The van der Waals surface area contributed by atoms with Gasteiger partial charge in [-0.1, -0.05) is 11.6 Å². The Balaban J connectivity index is 2.60. The maximum Gasteiger partial charge on any atom is 0.224 e. The second-order valence-corrected chi connectivity index (χ2v) is 3.47. The van der Waals surface area contributed by atoms with Gasteiger partial charge >= 0.3 is 0 Å². The third kappa shape index (κ3) is 4.27. The van der Waals surface area contributed by atoms with Gasteiger partial charge in [0, 0.05) is 23.7 Å². The maximum absolute atomic E-state index is 12.9. The first-order chi connectivity index (χ1) is 7.11. The minimum absolute atomic E-state index is 0.0443. The smallest absolute Gasteiger partial charge is 0.224 e. The lowest BCUT2D eigenvalue weighted by molar-refractivity contribution is -0.116. The van der Waals surface area contributed by atoms with Crippen molar-refractivity contribution in [3.63, 3.8) is 0 Å². The van der Waals surface area contributed by atoms with Crippen LogP contribution in [-0.4, -0.2) is 17.6 Å². The van der Waals surface area contributed by atoms with Crippen molar-refractivity contribution in [2.75, 3.05) is 11.9 Å². The van der Waals surface area contributed by atoms with Gasteiger partial charge in [0.2, 0.25) is 5.91 Å². The zero-order valence-electron chi connectivity index (χ0n) is 7.96. The molecule has 0 radical (unpaired) electrons. The summed E-state index contributed by atoms with van der Waals surface area (Å²) in [6.45, 7) is -0.0443. The maximum atomic E-state index is 12.9. The summed E-state index contributed by atoms with van der Waals surface area (Å²) in [7, 11) is 0. The summed E-state index contributed by atoms with van der Waals surface area (Å²) in [4.78, 5) is 11.2. The van der Waals surface area contributed by atoms with Crippen molar-refractivity contribution in [3.8, 4) is 0 Å². The average Bonchev–Trinajstić information content (AvgIpc) is 2.13. The topological polar surface area (TPSA) is 49.3 Å². The molecule has 1 aromatic rings. The first-order valence-electron chi connectivity index (χ1n) is 4.48. The SMILES string of the molecule is O=C(CCCO)Nc1cc(F)cc(Cl)c1. The lowest BCUT2D eigenvalue weighted by Gasteiger charge is -2.05. The molecular weight excluding hydrogens is 221 g/mol. The van der Waals surface area contributed by atoms with Crippen LogP contribution >= 0.6 is 11.6 Å². The van der Waals surface area contributed by atoms with E-state index >= 15 is 0 Å². The highest BCUT2D eigenvalue weighted by molar-refractivity contribution is 6.30. The molecule has 0 aromatic heterocycles. The van der Waals surface area contributed by atoms with Gasteiger partial charge in [-0.25, -0.2) is 4.39 Å². The van der Waals surface area contributed by atoms with Crippen LogP contribution in [0.3, 0.4) is 0 Å². The summed E-state index contributed by atoms with van der Waals surface area (Å²) >= 11 is 5.61. The second-order valence-electron chi connectivity index (χ2n) is 3.03. The number of rotatable bonds is 4. The van der Waals surface area contributed by atoms with Crippen molar-refractivity contribution in [1.29, 1.82) is 0 Å². The number of aliphatic hydroxyl groups is 1. The van der Waals surface area contributed by atoms with Gasteiger partial charge in [-0.3, -0.25) is 4.79 Å². The molecule has 0 saturated heterocycles. The number of aliphatic hydroxyl groups excluding tert-OH is 1. The van der Waals surface area contributed by atoms with E-state index in [-0.39, 0.29) is 24.0 Å². The van der Waals surface area contributed by atoms with Crippen LogP contribution in [-0.2, 0) is 4.79 Å². The number of carbonyl (C=O) groups is 1. The highest BCUT2D eigenvalue weighted by Crippen LogP contribution is 2.18. The second kappa shape index (κ2) is 5.68. The number of halogens is 2. The van der Waals surface area contributed by atoms with Crippen molar-refractivity contribution in [3.05, 3.63) is 29.0 Å². The number of hydrogen-bond acceptors (Lipinski definition) is 2. The van der Waals surface area contributed by atoms with Gasteiger partial charge in [0.1, 0.15) is 5.82 Å². The fourth-order valence-corrected chi connectivity index (χ4v) is 1.31. The Hall–Kier alpha value is -1.13. The van der Waals surface area contributed by atoms with Crippen LogP contribution in [0.2, 0.25) is 5.02 Å². The Bertz CT molecular complexity index is 337. The Kier molecular flexibility index (Phi) is 4.52. The molecule has 15 heavy (non-hydrogen) atoms. The summed E-state index contributed by atoms with van der Waals surface area (Å²) in [5.74, 6) is -0.773. The largest absolute Gasteiger partial charge is 0.396 e. The third-order valence-corrected chi connectivity index (χ3v) is 1.93. The molecule has 5 heteroatoms. The highest BCUT2D eigenvalue weighted by atomic mass is 35.5. The molecule has 0 saturated carbocycles. The van der Waals surface area contributed by atoms with Gasteiger partial charge in [0.15, 0.2) is 0 Å². The van der Waals surface area contributed by atoms with Crippen LogP contribution in [0.1, 0.15) is 12.8 Å². The first kappa shape index (κ1) is 11.9. The quantitative estimate of drug-likeness (QED) is 0.835. The van der Waals surface area contributed by atoms with Crippen molar-refractivity contribution in [2.45, 2.75) is 12.8 Å². The number of amides is 1. The van der Waals surface area contributed by atoms with E-state index in [0.29, 0.717) is 12.1 Å². The zero-order chi connectivity index (χ0) is 11.3. The van der Waals surface area contributed by atoms with E-state index in [1.807, 2.05) is 0 Å². The van der Waals surface area contributed by atoms with Crippen molar-refractivity contribution >= 4 is 23.2 Å². The lowest BCUT2D eigenvalue weighted by Crippen LogP contribution is -2.11. The number of nitrogens with one attached hydrogen (secondary N) is 1. The predicted molar refractivity (Wildman–Crippen MR) is 56.4 cm³/mol. The van der Waals surface area contributed by atoms with Crippen LogP contribution < -0.4 is 5.32 Å². The van der Waals surface area contributed by atoms with Crippen LogP contribution in [0.5, 0.6) is 0 Å². The van der Waals surface area contributed by atoms with Gasteiger partial charge in [0.05, 0.1) is 0 Å². The van der Waals surface area contributed by atoms with Crippen LogP contribution in [0, 0.1) is 5.82 Å². The number of hydrogen-bond donors (Lipinski definition) is 2. The van der Waals surface area contributed by atoms with Crippen molar-refractivity contribution < 1.29 is 14.3 Å². The molecule has 82 valence electrons. The minimum atomic E-state index is -0.500. The van der Waals surface area contributed by atoms with E-state index in [9.17, 15) is 9.18 Å². The number of carbonyl (C=O) groups excluding carboxylic acids is 1. The molecule has 0 aliphatic carbocycles. The molecule has 0 fully saturated rings. The Morgan fingerprint density at radius 1 is 1.47 bits per heavy atom. The molecule has 0 aliphatic heterocycles. The van der Waals surface area contributed by atoms with Crippen molar-refractivity contribution in [2.24, 2.45) is 0 Å². The number of benzene rings is 1. The molecule has 0 heterocycles. The summed E-state index contributed by atoms with van der Waals surface area (Å²) in [6, 6.07) is 3.80. The van der Waals surface area contributed by atoms with E-state index in [1.165, 1.54) is 12.1 Å². The van der Waals surface area contributed by atoms with Crippen LogP contribution in [0.15, 0.2) is 18.2 Å². The summed E-state index contributed by atoms with van der Waals surface area (Å²) in [5, 5.41) is 11.2. The van der Waals surface area contributed by atoms with Crippen LogP contribution in [0.25, 0.3) is 0 Å². The fraction of sp³-hybridized carbons (Fsp3) is 0.300. The molecular formula is C10H11ClFNO2. The van der Waals surface area contributed by atoms with Gasteiger partial charge in [0.25, 0.3) is 0 Å². The fourth-order valence-electron chi connectivity index (χ4n) is 1.09. The molecule has 1 rings (SSSR count). The Morgan fingerprint density at radius 3 is 2.80 bits per heavy atom. The predicted octanol–water partition coefficient (Wildman–Crippen LogP) is 2.19. The molecule has 0 bridgehead atoms. The molecule has 0 unspecified atom stereocenters. The molecule has 1 amide bonds. The van der Waals surface area contributed by atoms with Crippen LogP contribution in [0.4, 0.5) is 10.1 Å². The lowest BCUT2D eigenvalue weighted by atomic mass is 10.2. The van der Waals surface area contributed by atoms with E-state index in [4.69, 9.17) is 16.7 Å². The monoisotopic (exact) mass is 231 g/mol. The summed E-state index contributed by atoms with van der Waals surface area (Å²) in [5.41, 5.74) is 0.322. The van der Waals surface area contributed by atoms with Gasteiger partial charge in [-0.15, -0.1) is 0 Å². The number of anilines is 1. The molecule has 3 nitrogen and oxygen atoms in total. The van der Waals surface area contributed by atoms with E-state index < -0.39 is 5.82 Å². The standard InChI is InChI=1S/C10H11ClFNO2/c11-7-4-8(12)6-9(5-7)13-10(15)2-1-3-14/h4-6,14H,1-3H2,(H,13,15). The van der Waals surface area contributed by atoms with Crippen molar-refractivity contribution in [1.82, 2.24) is 0 Å². The summed E-state index contributed by atoms with van der Waals surface area (Å²) in [6.07, 6.45) is 0.583. The third-order valence-electron chi connectivity index (χ3n) is 1.71. The normalized spacial score (nSPS) is 10.1. The average molecular weight is 232 g/mol. The van der Waals surface area contributed by atoms with E-state index in [0.717, 1.165) is 6.07 Å². The molecule has 2 N–H and O–H groups in total. The zero-order valence-corrected chi connectivity index (χ0v) is 8.72. The van der Waals surface area contributed by atoms with Gasteiger partial charge in [-0.05, 0) is 24.6 Å². The summed E-state index contributed by atoms with van der Waals surface area (Å²) < 4.78 is 12.9. The minimum Gasteiger partial charge on any atom is -0.396 e. The highest BCUT2D eigenvalue weighted by Gasteiger charge is 2.04. The van der Waals surface area contributed by atoms with Gasteiger partial charge < -0.3 is 10.4 Å². The Morgan fingerprint density at radius 2 is 2.20 bits per heavy atom. The van der Waals surface area contributed by atoms with E-state index in [1.54, 1.807) is 0 Å². The first-order valence-corrected chi connectivity index (χ1v) is 4.86. The van der Waals surface area contributed by atoms with Gasteiger partial charge in [-0.2, -0.15) is 0 Å². The Labute approximate surface area is 91.9 Å². The molecule has 0 spiro atoms. The molecule has 0 aliphatic rings.